The zero-order chi connectivity index (χ0) is 7.68. The van der Waals surface area contributed by atoms with Gasteiger partial charge in [-0.1, -0.05) is 0 Å². The predicted octanol–water partition coefficient (Wildman–Crippen LogP) is -0.415. The Morgan fingerprint density at radius 3 is 2.82 bits per heavy atom. The Labute approximate surface area is 64.0 Å². The van der Waals surface area contributed by atoms with Crippen LogP contribution in [0.4, 0.5) is 0 Å². The highest BCUT2D eigenvalue weighted by Crippen LogP contribution is 1.99. The fraction of sp³-hybridized carbons (Fsp3) is 0.429. The Morgan fingerprint density at radius 1 is 1.45 bits per heavy atom. The van der Waals surface area contributed by atoms with Gasteiger partial charge in [0.05, 0.1) is 0 Å². The molecule has 1 aromatic heterocycles. The van der Waals surface area contributed by atoms with Crippen molar-refractivity contribution in [3.05, 3.63) is 28.7 Å². The topological polar surface area (TPSA) is 38.1 Å². The average molecular weight is 151 g/mol. The van der Waals surface area contributed by atoms with E-state index in [-0.39, 0.29) is 5.56 Å². The van der Waals surface area contributed by atoms with Gasteiger partial charge in [0.25, 0.3) is 5.56 Å². The smallest absolute Gasteiger partial charge is 0.286 e. The van der Waals surface area contributed by atoms with Crippen molar-refractivity contribution in [2.75, 3.05) is 18.1 Å². The van der Waals surface area contributed by atoms with E-state index >= 15 is 0 Å². The Kier molecular flexibility index (Phi) is 1.38. The first-order valence-electron chi connectivity index (χ1n) is 3.67. The van der Waals surface area contributed by atoms with Crippen molar-refractivity contribution < 1.29 is 0 Å². The van der Waals surface area contributed by atoms with Crippen molar-refractivity contribution in [2.45, 2.75) is 6.42 Å². The molecule has 0 amide bonds. The van der Waals surface area contributed by atoms with Crippen molar-refractivity contribution in [1.29, 1.82) is 0 Å². The summed E-state index contributed by atoms with van der Waals surface area (Å²) in [6.07, 6.45) is 2.78. The molecule has 2 heterocycles. The molecule has 1 fully saturated rings. The molecule has 4 nitrogen and oxygen atoms in total. The minimum atomic E-state index is -0.0489. The van der Waals surface area contributed by atoms with E-state index in [1.165, 1.54) is 10.9 Å². The third kappa shape index (κ3) is 1.00. The highest BCUT2D eigenvalue weighted by Gasteiger charge is 2.15. The van der Waals surface area contributed by atoms with E-state index in [4.69, 9.17) is 0 Å². The first-order chi connectivity index (χ1) is 5.38. The molecule has 1 aliphatic heterocycles. The Balaban J connectivity index is 2.36. The van der Waals surface area contributed by atoms with Gasteiger partial charge in [0, 0.05) is 25.4 Å². The largest absolute Gasteiger partial charge is 0.293 e. The summed E-state index contributed by atoms with van der Waals surface area (Å²) >= 11 is 0. The van der Waals surface area contributed by atoms with E-state index in [9.17, 15) is 4.79 Å². The number of hydrogen-bond donors (Lipinski definition) is 0. The fourth-order valence-electron chi connectivity index (χ4n) is 1.05. The van der Waals surface area contributed by atoms with Gasteiger partial charge in [0.1, 0.15) is 0 Å². The summed E-state index contributed by atoms with van der Waals surface area (Å²) in [6.45, 7) is 1.88. The number of nitrogens with zero attached hydrogens (tertiary/aromatic N) is 3. The van der Waals surface area contributed by atoms with Crippen LogP contribution in [0.5, 0.6) is 0 Å². The molecule has 1 saturated heterocycles. The Morgan fingerprint density at radius 2 is 2.27 bits per heavy atom. The van der Waals surface area contributed by atoms with Crippen molar-refractivity contribution in [3.8, 4) is 0 Å². The van der Waals surface area contributed by atoms with Gasteiger partial charge in [0.2, 0.25) is 0 Å². The van der Waals surface area contributed by atoms with Gasteiger partial charge < -0.3 is 0 Å². The molecular formula is C7H9N3O. The van der Waals surface area contributed by atoms with Crippen molar-refractivity contribution in [3.63, 3.8) is 0 Å². The molecule has 1 aromatic rings. The summed E-state index contributed by atoms with van der Waals surface area (Å²) in [5.74, 6) is 0. The standard InChI is InChI=1S/C7H9N3O/c11-7-3-1-4-8-10(7)9-5-2-6-9/h1,3-4H,2,5-6H2. The van der Waals surface area contributed by atoms with Gasteiger partial charge in [0.15, 0.2) is 0 Å². The molecule has 0 spiro atoms. The quantitative estimate of drug-likeness (QED) is 0.547. The van der Waals surface area contributed by atoms with Crippen LogP contribution in [0.15, 0.2) is 23.1 Å². The van der Waals surface area contributed by atoms with E-state index < -0.39 is 0 Å². The molecule has 11 heavy (non-hydrogen) atoms. The summed E-state index contributed by atoms with van der Waals surface area (Å²) in [6, 6.07) is 3.17. The van der Waals surface area contributed by atoms with Gasteiger partial charge in [-0.15, -0.1) is 4.79 Å². The van der Waals surface area contributed by atoms with E-state index in [1.54, 1.807) is 12.3 Å². The van der Waals surface area contributed by atoms with Gasteiger partial charge in [-0.2, -0.15) is 5.10 Å². The second-order valence-corrected chi connectivity index (χ2v) is 2.56. The van der Waals surface area contributed by atoms with Crippen molar-refractivity contribution in [1.82, 2.24) is 9.89 Å². The first-order valence-corrected chi connectivity index (χ1v) is 3.67. The molecule has 2 rings (SSSR count). The first kappa shape index (κ1) is 6.39. The summed E-state index contributed by atoms with van der Waals surface area (Å²) in [5.41, 5.74) is -0.0489. The molecular weight excluding hydrogens is 142 g/mol. The maximum Gasteiger partial charge on any atom is 0.286 e. The van der Waals surface area contributed by atoms with Crippen LogP contribution in [0.1, 0.15) is 6.42 Å². The van der Waals surface area contributed by atoms with Crippen LogP contribution in [0.3, 0.4) is 0 Å². The maximum absolute atomic E-state index is 11.1. The molecule has 0 atom stereocenters. The zero-order valence-electron chi connectivity index (χ0n) is 6.10. The van der Waals surface area contributed by atoms with Gasteiger partial charge >= 0.3 is 0 Å². The van der Waals surface area contributed by atoms with Gasteiger partial charge in [-0.25, -0.2) is 0 Å². The molecule has 0 radical (unpaired) electrons. The van der Waals surface area contributed by atoms with Crippen LogP contribution < -0.4 is 10.6 Å². The number of aromatic nitrogens is 2. The van der Waals surface area contributed by atoms with Crippen LogP contribution >= 0.6 is 0 Å². The highest BCUT2D eigenvalue weighted by molar-refractivity contribution is 4.95. The second kappa shape index (κ2) is 2.38. The predicted molar refractivity (Wildman–Crippen MR) is 41.1 cm³/mol. The lowest BCUT2D eigenvalue weighted by Gasteiger charge is -2.32. The minimum Gasteiger partial charge on any atom is -0.293 e. The average Bonchev–Trinajstić information content (AvgIpc) is 1.90. The van der Waals surface area contributed by atoms with Crippen LogP contribution in [-0.4, -0.2) is 23.0 Å². The van der Waals surface area contributed by atoms with Crippen LogP contribution in [0.2, 0.25) is 0 Å². The molecule has 0 N–H and O–H groups in total. The lowest BCUT2D eigenvalue weighted by molar-refractivity contribution is 0.418. The Hall–Kier alpha value is -1.32. The van der Waals surface area contributed by atoms with E-state index in [0.717, 1.165) is 19.5 Å². The zero-order valence-corrected chi connectivity index (χ0v) is 6.10. The minimum absolute atomic E-state index is 0.0489. The van der Waals surface area contributed by atoms with E-state index in [0.29, 0.717) is 0 Å². The summed E-state index contributed by atoms with van der Waals surface area (Å²) in [5, 5.41) is 5.85. The summed E-state index contributed by atoms with van der Waals surface area (Å²) in [4.78, 5) is 12.5. The molecule has 0 aromatic carbocycles. The lowest BCUT2D eigenvalue weighted by atomic mass is 10.3. The molecule has 0 unspecified atom stereocenters. The molecule has 4 heteroatoms. The molecule has 0 aliphatic carbocycles. The highest BCUT2D eigenvalue weighted by atomic mass is 16.1. The molecule has 0 bridgehead atoms. The van der Waals surface area contributed by atoms with Crippen LogP contribution in [-0.2, 0) is 0 Å². The SMILES string of the molecule is O=c1cccnn1N1CCC1. The summed E-state index contributed by atoms with van der Waals surface area (Å²) in [7, 11) is 0. The lowest BCUT2D eigenvalue weighted by Crippen LogP contribution is -2.51. The van der Waals surface area contributed by atoms with Gasteiger partial charge in [-0.05, 0) is 12.5 Å². The van der Waals surface area contributed by atoms with Crippen molar-refractivity contribution >= 4 is 0 Å². The maximum atomic E-state index is 11.1. The summed E-state index contributed by atoms with van der Waals surface area (Å²) < 4.78 is 0. The molecule has 58 valence electrons. The third-order valence-corrected chi connectivity index (χ3v) is 1.80. The van der Waals surface area contributed by atoms with Crippen molar-refractivity contribution in [2.24, 2.45) is 0 Å². The number of hydrogen-bond acceptors (Lipinski definition) is 3. The third-order valence-electron chi connectivity index (χ3n) is 1.80. The monoisotopic (exact) mass is 151 g/mol. The van der Waals surface area contributed by atoms with Crippen LogP contribution in [0.25, 0.3) is 0 Å². The molecule has 0 saturated carbocycles. The second-order valence-electron chi connectivity index (χ2n) is 2.56. The van der Waals surface area contributed by atoms with E-state index in [1.807, 2.05) is 5.01 Å². The van der Waals surface area contributed by atoms with E-state index in [2.05, 4.69) is 5.10 Å². The van der Waals surface area contributed by atoms with Crippen LogP contribution in [0, 0.1) is 0 Å². The fourth-order valence-corrected chi connectivity index (χ4v) is 1.05. The molecule has 1 aliphatic rings. The van der Waals surface area contributed by atoms with Gasteiger partial charge in [-0.3, -0.25) is 9.80 Å². The number of rotatable bonds is 1. The Bertz CT molecular complexity index is 303. The normalized spacial score (nSPS) is 16.2.